The zero-order valence-electron chi connectivity index (χ0n) is 29.9. The highest BCUT2D eigenvalue weighted by molar-refractivity contribution is 5.96. The maximum Gasteiger partial charge on any atom is 0.409 e. The topological polar surface area (TPSA) is 184 Å². The fourth-order valence-corrected chi connectivity index (χ4v) is 6.54. The number of ether oxygens (including phenoxy) is 2. The Labute approximate surface area is 303 Å². The molecule has 3 fully saturated rings. The Morgan fingerprint density at radius 2 is 1.69 bits per heavy atom. The van der Waals surface area contributed by atoms with Crippen molar-refractivity contribution in [3.05, 3.63) is 42.1 Å². The number of rotatable bonds is 15. The number of unbranched alkanes of at least 4 members (excludes halogenated alkanes) is 1. The number of hydrogen-bond acceptors (Lipinski definition) is 9. The highest BCUT2D eigenvalue weighted by Gasteiger charge is 2.39. The summed E-state index contributed by atoms with van der Waals surface area (Å²) in [7, 11) is 1.79. The summed E-state index contributed by atoms with van der Waals surface area (Å²) in [5, 5.41) is 16.5. The largest absolute Gasteiger partial charge is 0.481 e. The number of hydrogen-bond donors (Lipinski definition) is 2. The van der Waals surface area contributed by atoms with Crippen molar-refractivity contribution in [1.82, 2.24) is 34.7 Å². The molecule has 1 aromatic heterocycles. The van der Waals surface area contributed by atoms with Crippen molar-refractivity contribution in [1.29, 1.82) is 0 Å². The molecule has 2 saturated heterocycles. The van der Waals surface area contributed by atoms with Crippen LogP contribution < -0.4 is 10.1 Å². The molecule has 0 spiro atoms. The lowest BCUT2D eigenvalue weighted by Crippen LogP contribution is -2.56. The van der Waals surface area contributed by atoms with E-state index < -0.39 is 42.6 Å². The van der Waals surface area contributed by atoms with Crippen LogP contribution in [0.4, 0.5) is 4.79 Å². The van der Waals surface area contributed by atoms with Gasteiger partial charge >= 0.3 is 12.1 Å². The number of piperazine rings is 1. The molecule has 2 unspecified atom stereocenters. The summed E-state index contributed by atoms with van der Waals surface area (Å²) < 4.78 is 12.6. The van der Waals surface area contributed by atoms with Crippen LogP contribution >= 0.6 is 0 Å². The van der Waals surface area contributed by atoms with E-state index >= 15 is 0 Å². The summed E-state index contributed by atoms with van der Waals surface area (Å²) in [6, 6.07) is 8.68. The van der Waals surface area contributed by atoms with E-state index in [0.29, 0.717) is 31.7 Å². The van der Waals surface area contributed by atoms with Gasteiger partial charge in [-0.3, -0.25) is 24.0 Å². The molecule has 282 valence electrons. The Morgan fingerprint density at radius 1 is 0.981 bits per heavy atom. The molecule has 16 heteroatoms. The molecule has 1 saturated carbocycles. The second-order valence-electron chi connectivity index (χ2n) is 13.4. The number of benzene rings is 1. The molecule has 2 N–H and O–H groups in total. The van der Waals surface area contributed by atoms with Gasteiger partial charge in [0.1, 0.15) is 12.1 Å². The number of para-hydroxylation sites is 1. The first-order valence-electron chi connectivity index (χ1n) is 18.1. The second-order valence-corrected chi connectivity index (χ2v) is 13.4. The summed E-state index contributed by atoms with van der Waals surface area (Å²) in [6.45, 7) is 3.21. The Bertz CT molecular complexity index is 1590. The molecule has 52 heavy (non-hydrogen) atoms. The number of aliphatic carboxylic acids is 1. The molecule has 1 aromatic carbocycles. The predicted molar refractivity (Wildman–Crippen MR) is 187 cm³/mol. The number of carboxylic acids is 1. The number of aromatic nitrogens is 2. The van der Waals surface area contributed by atoms with Crippen molar-refractivity contribution in [3.8, 4) is 11.6 Å². The summed E-state index contributed by atoms with van der Waals surface area (Å²) in [5.74, 6) is -2.68. The fourth-order valence-electron chi connectivity index (χ4n) is 6.54. The second kappa shape index (κ2) is 17.9. The number of carbonyl (C=O) groups is 6. The third kappa shape index (κ3) is 9.39. The number of nitrogens with one attached hydrogen (secondary N) is 1. The van der Waals surface area contributed by atoms with E-state index in [1.165, 1.54) is 20.5 Å². The average molecular weight is 724 g/mol. The highest BCUT2D eigenvalue weighted by Crippen LogP contribution is 2.27. The molecule has 0 radical (unpaired) electrons. The van der Waals surface area contributed by atoms with Crippen molar-refractivity contribution in [2.45, 2.75) is 82.8 Å². The molecular weight excluding hydrogens is 674 g/mol. The number of nitrogens with zero attached hydrogens (tertiary/aromatic N) is 6. The van der Waals surface area contributed by atoms with Crippen molar-refractivity contribution in [2.75, 3.05) is 53.0 Å². The number of carbonyl (C=O) groups excluding carboxylic acids is 5. The average Bonchev–Trinajstić information content (AvgIpc) is 3.80. The Kier molecular flexibility index (Phi) is 13.1. The normalized spacial score (nSPS) is 18.0. The molecule has 3 aliphatic rings. The van der Waals surface area contributed by atoms with E-state index in [-0.39, 0.29) is 68.5 Å². The van der Waals surface area contributed by atoms with Crippen molar-refractivity contribution in [2.24, 2.45) is 0 Å². The third-order valence-electron chi connectivity index (χ3n) is 9.91. The van der Waals surface area contributed by atoms with E-state index in [1.807, 2.05) is 13.0 Å². The van der Waals surface area contributed by atoms with Crippen LogP contribution in [0.2, 0.25) is 0 Å². The van der Waals surface area contributed by atoms with Crippen LogP contribution in [0.15, 0.2) is 36.4 Å². The monoisotopic (exact) mass is 723 g/mol. The molecule has 0 bridgehead atoms. The van der Waals surface area contributed by atoms with Crippen molar-refractivity contribution in [3.63, 3.8) is 0 Å². The van der Waals surface area contributed by atoms with Gasteiger partial charge in [-0.25, -0.2) is 9.48 Å². The molecule has 3 heterocycles. The summed E-state index contributed by atoms with van der Waals surface area (Å²) in [5.41, 5.74) is 0.431. The lowest BCUT2D eigenvalue weighted by molar-refractivity contribution is -0.146. The van der Waals surface area contributed by atoms with Crippen LogP contribution in [0.5, 0.6) is 5.88 Å². The molecule has 2 atom stereocenters. The van der Waals surface area contributed by atoms with Gasteiger partial charge in [-0.1, -0.05) is 31.5 Å². The SMILES string of the molecule is CCCCOC(=O)N1CCN(C(=O)C(CCC(=O)O)NC(=O)c2cc(OCC(=O)N3CCCC3C(=O)N(C)C3CCC3)n(-c3ccccc3)n2)CC1. The lowest BCUT2D eigenvalue weighted by Gasteiger charge is -2.37. The van der Waals surface area contributed by atoms with Gasteiger partial charge in [-0.2, -0.15) is 5.10 Å². The molecular formula is C36H49N7O9. The number of carboxylic acid groups (broad SMARTS) is 1. The first-order chi connectivity index (χ1) is 25.1. The summed E-state index contributed by atoms with van der Waals surface area (Å²) >= 11 is 0. The Balaban J connectivity index is 1.26. The summed E-state index contributed by atoms with van der Waals surface area (Å²) in [6.07, 6.45) is 4.97. The van der Waals surface area contributed by atoms with Gasteiger partial charge in [0.25, 0.3) is 11.8 Å². The standard InChI is InChI=1S/C36H49N7O9/c1-3-4-22-51-36(50)41-20-18-40(19-21-41)34(48)27(15-16-32(45)46)37-33(47)28-23-31(43(38-28)26-10-6-5-7-11-26)52-24-30(44)42-17-9-14-29(42)35(49)39(2)25-12-8-13-25/h5-7,10-11,23,25,27,29H,3-4,8-9,12-22,24H2,1-2H3,(H,37,47)(H,45,46). The maximum atomic E-state index is 13.6. The Hall–Kier alpha value is -5.15. The van der Waals surface area contributed by atoms with Gasteiger partial charge < -0.3 is 39.5 Å². The van der Waals surface area contributed by atoms with E-state index in [2.05, 4.69) is 10.4 Å². The van der Waals surface area contributed by atoms with Gasteiger partial charge in [-0.05, 0) is 57.1 Å². The van der Waals surface area contributed by atoms with Gasteiger partial charge in [0, 0.05) is 58.3 Å². The quantitative estimate of drug-likeness (QED) is 0.259. The van der Waals surface area contributed by atoms with E-state index in [9.17, 15) is 33.9 Å². The zero-order valence-corrected chi connectivity index (χ0v) is 29.9. The summed E-state index contributed by atoms with van der Waals surface area (Å²) in [4.78, 5) is 84.0. The van der Waals surface area contributed by atoms with Crippen LogP contribution in [0, 0.1) is 0 Å². The minimum absolute atomic E-state index is 0.0670. The molecule has 1 aliphatic carbocycles. The van der Waals surface area contributed by atoms with E-state index in [1.54, 1.807) is 41.1 Å². The highest BCUT2D eigenvalue weighted by atomic mass is 16.6. The van der Waals surface area contributed by atoms with Crippen LogP contribution in [-0.2, 0) is 23.9 Å². The zero-order chi connectivity index (χ0) is 37.2. The third-order valence-corrected chi connectivity index (χ3v) is 9.91. The van der Waals surface area contributed by atoms with Crippen LogP contribution in [0.1, 0.15) is 75.2 Å². The lowest BCUT2D eigenvalue weighted by atomic mass is 9.91. The number of likely N-dealkylation sites (tertiary alicyclic amines) is 1. The molecule has 5 rings (SSSR count). The molecule has 16 nitrogen and oxygen atoms in total. The molecule has 5 amide bonds. The first-order valence-corrected chi connectivity index (χ1v) is 18.1. The number of amides is 5. The van der Waals surface area contributed by atoms with Crippen LogP contribution in [0.3, 0.4) is 0 Å². The number of likely N-dealkylation sites (N-methyl/N-ethyl adjacent to an activating group) is 1. The van der Waals surface area contributed by atoms with Gasteiger partial charge in [-0.15, -0.1) is 0 Å². The van der Waals surface area contributed by atoms with Crippen molar-refractivity contribution >= 4 is 35.7 Å². The van der Waals surface area contributed by atoms with E-state index in [0.717, 1.165) is 32.1 Å². The minimum atomic E-state index is -1.18. The van der Waals surface area contributed by atoms with E-state index in [4.69, 9.17) is 9.47 Å². The van der Waals surface area contributed by atoms with Crippen molar-refractivity contribution < 1.29 is 43.3 Å². The van der Waals surface area contributed by atoms with Gasteiger partial charge in [0.15, 0.2) is 12.3 Å². The Morgan fingerprint density at radius 3 is 2.35 bits per heavy atom. The van der Waals surface area contributed by atoms with Gasteiger partial charge in [0.05, 0.1) is 12.3 Å². The molecule has 2 aliphatic heterocycles. The molecule has 2 aromatic rings. The van der Waals surface area contributed by atoms with Crippen LogP contribution in [-0.4, -0.2) is 141 Å². The smallest absolute Gasteiger partial charge is 0.409 e. The first kappa shape index (κ1) is 38.1. The fraction of sp³-hybridized carbons (Fsp3) is 0.583. The minimum Gasteiger partial charge on any atom is -0.481 e. The maximum absolute atomic E-state index is 13.6. The predicted octanol–water partition coefficient (Wildman–Crippen LogP) is 2.30. The van der Waals surface area contributed by atoms with Crippen LogP contribution in [0.25, 0.3) is 5.69 Å². The van der Waals surface area contributed by atoms with Gasteiger partial charge in [0.2, 0.25) is 17.7 Å².